The molecule has 8 nitrogen and oxygen atoms in total. The topological polar surface area (TPSA) is 111 Å². The molecule has 0 atom stereocenters. The van der Waals surface area contributed by atoms with Gasteiger partial charge in [-0.3, -0.25) is 25.1 Å². The minimum atomic E-state index is -1.34. The van der Waals surface area contributed by atoms with E-state index in [1.165, 1.54) is 0 Å². The van der Waals surface area contributed by atoms with Gasteiger partial charge in [0, 0.05) is 13.1 Å². The van der Waals surface area contributed by atoms with E-state index in [4.69, 9.17) is 0 Å². The molecule has 3 aliphatic heterocycles. The number of rotatable bonds is 2. The second-order valence-electron chi connectivity index (χ2n) is 6.25. The van der Waals surface area contributed by atoms with Crippen LogP contribution < -0.4 is 16.0 Å². The van der Waals surface area contributed by atoms with Crippen molar-refractivity contribution in [2.24, 2.45) is 5.92 Å². The predicted octanol–water partition coefficient (Wildman–Crippen LogP) is -1.45. The lowest BCUT2D eigenvalue weighted by Gasteiger charge is -2.50. The van der Waals surface area contributed by atoms with Crippen LogP contribution >= 0.6 is 0 Å². The number of hydrogen-bond acceptors (Lipinski definition) is 6. The molecule has 22 heavy (non-hydrogen) atoms. The molecule has 4 amide bonds. The quantitative estimate of drug-likeness (QED) is 0.464. The number of barbiturate groups is 1. The number of nitrogens with one attached hydrogen (secondary N) is 3. The highest BCUT2D eigenvalue weighted by atomic mass is 16.3. The molecule has 0 radical (unpaired) electrons. The molecule has 0 aromatic carbocycles. The van der Waals surface area contributed by atoms with Crippen molar-refractivity contribution in [3.05, 3.63) is 0 Å². The lowest BCUT2D eigenvalue weighted by Crippen LogP contribution is -2.77. The maximum Gasteiger partial charge on any atom is 0.328 e. The largest absolute Gasteiger partial charge is 0.393 e. The van der Waals surface area contributed by atoms with E-state index in [0.717, 1.165) is 13.1 Å². The minimum Gasteiger partial charge on any atom is -0.393 e. The van der Waals surface area contributed by atoms with Crippen LogP contribution in [0.2, 0.25) is 0 Å². The van der Waals surface area contributed by atoms with Crippen molar-refractivity contribution >= 4 is 17.8 Å². The van der Waals surface area contributed by atoms with Gasteiger partial charge >= 0.3 is 6.03 Å². The van der Waals surface area contributed by atoms with Gasteiger partial charge in [-0.15, -0.1) is 0 Å². The maximum atomic E-state index is 12.7. The number of amides is 4. The summed E-state index contributed by atoms with van der Waals surface area (Å²) in [6, 6.07) is -0.753. The molecule has 3 saturated heterocycles. The lowest BCUT2D eigenvalue weighted by atomic mass is 9.73. The Hall–Kier alpha value is -1.51. The first kappa shape index (κ1) is 15.4. The van der Waals surface area contributed by atoms with Crippen LogP contribution in [0.5, 0.6) is 0 Å². The number of carbonyl (C=O) groups excluding carboxylic acids is 3. The van der Waals surface area contributed by atoms with Gasteiger partial charge in [0.05, 0.1) is 6.10 Å². The third kappa shape index (κ3) is 2.41. The van der Waals surface area contributed by atoms with E-state index >= 15 is 0 Å². The Morgan fingerprint density at radius 2 is 1.50 bits per heavy atom. The molecule has 8 heteroatoms. The molecule has 0 aliphatic carbocycles. The van der Waals surface area contributed by atoms with E-state index in [1.54, 1.807) is 0 Å². The molecule has 0 unspecified atom stereocenters. The summed E-state index contributed by atoms with van der Waals surface area (Å²) >= 11 is 0. The zero-order valence-electron chi connectivity index (χ0n) is 12.4. The van der Waals surface area contributed by atoms with Crippen molar-refractivity contribution in [2.75, 3.05) is 26.2 Å². The molecule has 3 rings (SSSR count). The smallest absolute Gasteiger partial charge is 0.328 e. The van der Waals surface area contributed by atoms with Gasteiger partial charge in [0.15, 0.2) is 5.54 Å². The molecule has 3 heterocycles. The van der Waals surface area contributed by atoms with E-state index in [9.17, 15) is 19.5 Å². The second-order valence-corrected chi connectivity index (χ2v) is 6.25. The number of aliphatic hydroxyl groups excluding tert-OH is 1. The van der Waals surface area contributed by atoms with Gasteiger partial charge in [0.2, 0.25) is 0 Å². The van der Waals surface area contributed by atoms with E-state index in [-0.39, 0.29) is 5.92 Å². The molecule has 3 aliphatic rings. The van der Waals surface area contributed by atoms with Crippen LogP contribution in [0.3, 0.4) is 0 Å². The van der Waals surface area contributed by atoms with Crippen LogP contribution in [0.1, 0.15) is 25.7 Å². The third-order valence-electron chi connectivity index (χ3n) is 5.04. The van der Waals surface area contributed by atoms with Crippen molar-refractivity contribution in [1.29, 1.82) is 0 Å². The summed E-state index contributed by atoms with van der Waals surface area (Å²) in [6.07, 6.45) is 2.07. The number of piperidine rings is 2. The van der Waals surface area contributed by atoms with Crippen molar-refractivity contribution in [2.45, 2.75) is 37.3 Å². The van der Waals surface area contributed by atoms with Gasteiger partial charge in [-0.2, -0.15) is 0 Å². The number of nitrogens with zero attached hydrogens (tertiary/aromatic N) is 1. The Kier molecular flexibility index (Phi) is 4.16. The van der Waals surface area contributed by atoms with Gasteiger partial charge in [-0.25, -0.2) is 4.79 Å². The van der Waals surface area contributed by atoms with Crippen LogP contribution in [-0.2, 0) is 9.59 Å². The zero-order valence-corrected chi connectivity index (χ0v) is 12.4. The van der Waals surface area contributed by atoms with Crippen molar-refractivity contribution in [1.82, 2.24) is 20.9 Å². The van der Waals surface area contributed by atoms with Gasteiger partial charge in [-0.05, 0) is 44.7 Å². The second kappa shape index (κ2) is 5.94. The average Bonchev–Trinajstić information content (AvgIpc) is 2.49. The number of carbonyl (C=O) groups is 3. The molecule has 0 aromatic heterocycles. The fourth-order valence-electron chi connectivity index (χ4n) is 3.91. The molecular weight excluding hydrogens is 288 g/mol. The first-order valence-electron chi connectivity index (χ1n) is 7.86. The third-order valence-corrected chi connectivity index (χ3v) is 5.04. The maximum absolute atomic E-state index is 12.7. The summed E-state index contributed by atoms with van der Waals surface area (Å²) in [6.45, 7) is 2.44. The van der Waals surface area contributed by atoms with E-state index in [0.29, 0.717) is 38.8 Å². The molecule has 0 bridgehead atoms. The SMILES string of the molecule is O=C1NC(=O)C(C2CCNCC2)(N2CCC(O)CC2)C(=O)N1. The number of likely N-dealkylation sites (tertiary alicyclic amines) is 1. The Labute approximate surface area is 128 Å². The average molecular weight is 310 g/mol. The van der Waals surface area contributed by atoms with Crippen LogP contribution in [0.15, 0.2) is 0 Å². The fourth-order valence-corrected chi connectivity index (χ4v) is 3.91. The highest BCUT2D eigenvalue weighted by molar-refractivity contribution is 6.22. The van der Waals surface area contributed by atoms with Gasteiger partial charge in [0.1, 0.15) is 0 Å². The minimum absolute atomic E-state index is 0.142. The van der Waals surface area contributed by atoms with Gasteiger partial charge in [0.25, 0.3) is 11.8 Å². The Bertz CT molecular complexity index is 461. The van der Waals surface area contributed by atoms with Crippen LogP contribution in [0, 0.1) is 5.92 Å². The molecule has 0 spiro atoms. The van der Waals surface area contributed by atoms with Gasteiger partial charge in [-0.1, -0.05) is 0 Å². The molecule has 0 saturated carbocycles. The highest BCUT2D eigenvalue weighted by Crippen LogP contribution is 2.35. The number of hydrogen-bond donors (Lipinski definition) is 4. The summed E-state index contributed by atoms with van der Waals surface area (Å²) in [5.74, 6) is -1.19. The normalized spacial score (nSPS) is 28.3. The Morgan fingerprint density at radius 3 is 2.05 bits per heavy atom. The highest BCUT2D eigenvalue weighted by Gasteiger charge is 2.59. The molecule has 4 N–H and O–H groups in total. The first-order valence-corrected chi connectivity index (χ1v) is 7.86. The number of aliphatic hydroxyl groups is 1. The number of urea groups is 1. The monoisotopic (exact) mass is 310 g/mol. The van der Waals surface area contributed by atoms with E-state index < -0.39 is 29.5 Å². The summed E-state index contributed by atoms with van der Waals surface area (Å²) < 4.78 is 0. The lowest BCUT2D eigenvalue weighted by molar-refractivity contribution is -0.155. The van der Waals surface area contributed by atoms with Crippen LogP contribution in [0.4, 0.5) is 4.79 Å². The first-order chi connectivity index (χ1) is 10.5. The molecule has 3 fully saturated rings. The number of imide groups is 2. The summed E-state index contributed by atoms with van der Waals surface area (Å²) in [7, 11) is 0. The summed E-state index contributed by atoms with van der Waals surface area (Å²) in [5, 5.41) is 17.5. The fraction of sp³-hybridized carbons (Fsp3) is 0.786. The van der Waals surface area contributed by atoms with Crippen molar-refractivity contribution in [3.8, 4) is 0 Å². The zero-order chi connectivity index (χ0) is 15.7. The van der Waals surface area contributed by atoms with Crippen LogP contribution in [0.25, 0.3) is 0 Å². The summed E-state index contributed by atoms with van der Waals surface area (Å²) in [4.78, 5) is 38.7. The van der Waals surface area contributed by atoms with Crippen molar-refractivity contribution in [3.63, 3.8) is 0 Å². The standard InChI is InChI=1S/C14H22N4O4/c19-10-3-7-18(8-4-10)14(9-1-5-15-6-2-9)11(20)16-13(22)17-12(14)21/h9-10,15,19H,1-8H2,(H2,16,17,20,21,22). The molecule has 122 valence electrons. The summed E-state index contributed by atoms with van der Waals surface area (Å²) in [5.41, 5.74) is -1.34. The molecular formula is C14H22N4O4. The Balaban J connectivity index is 1.95. The predicted molar refractivity (Wildman–Crippen MR) is 76.8 cm³/mol. The Morgan fingerprint density at radius 1 is 0.955 bits per heavy atom. The molecule has 0 aromatic rings. The van der Waals surface area contributed by atoms with Crippen LogP contribution in [-0.4, -0.2) is 65.7 Å². The van der Waals surface area contributed by atoms with Crippen molar-refractivity contribution < 1.29 is 19.5 Å². The van der Waals surface area contributed by atoms with Gasteiger partial charge < -0.3 is 10.4 Å². The van der Waals surface area contributed by atoms with E-state index in [1.807, 2.05) is 4.90 Å². The van der Waals surface area contributed by atoms with E-state index in [2.05, 4.69) is 16.0 Å².